The molecule has 3 aliphatic rings. The van der Waals surface area contributed by atoms with Crippen LogP contribution in [0.15, 0.2) is 11.6 Å². The van der Waals surface area contributed by atoms with Crippen LogP contribution in [-0.2, 0) is 4.74 Å². The van der Waals surface area contributed by atoms with Crippen LogP contribution in [0.3, 0.4) is 0 Å². The fourth-order valence-electron chi connectivity index (χ4n) is 5.83. The van der Waals surface area contributed by atoms with Gasteiger partial charge < -0.3 is 4.74 Å². The predicted octanol–water partition coefficient (Wildman–Crippen LogP) is 6.24. The molecule has 0 amide bonds. The highest BCUT2D eigenvalue weighted by atomic mass is 16.5. The normalized spacial score (nSPS) is 45.6. The minimum Gasteiger partial charge on any atom is -0.381 e. The van der Waals surface area contributed by atoms with Crippen LogP contribution >= 0.6 is 0 Å². The van der Waals surface area contributed by atoms with Gasteiger partial charge in [0.05, 0.1) is 6.10 Å². The summed E-state index contributed by atoms with van der Waals surface area (Å²) in [5, 5.41) is 0. The average molecular weight is 319 g/mol. The van der Waals surface area contributed by atoms with Crippen LogP contribution in [0.1, 0.15) is 78.6 Å². The molecule has 2 fully saturated rings. The first-order valence-corrected chi connectivity index (χ1v) is 10.3. The average Bonchev–Trinajstić information content (AvgIpc) is 2.58. The van der Waals surface area contributed by atoms with Crippen molar-refractivity contribution >= 4 is 0 Å². The molecule has 2 saturated carbocycles. The Morgan fingerprint density at radius 2 is 1.57 bits per heavy atom. The summed E-state index contributed by atoms with van der Waals surface area (Å²) in [6, 6.07) is 0. The maximum atomic E-state index is 5.70. The third kappa shape index (κ3) is 3.86. The van der Waals surface area contributed by atoms with Gasteiger partial charge in [-0.3, -0.25) is 0 Å². The minimum atomic E-state index is 0.488. The van der Waals surface area contributed by atoms with Crippen LogP contribution < -0.4 is 0 Å². The van der Waals surface area contributed by atoms with E-state index in [0.29, 0.717) is 12.0 Å². The Balaban J connectivity index is 1.56. The van der Waals surface area contributed by atoms with Crippen molar-refractivity contribution < 1.29 is 4.74 Å². The van der Waals surface area contributed by atoms with Crippen molar-refractivity contribution in [3.05, 3.63) is 11.6 Å². The SMILES string of the molecule is COC1CCC(C2=CCC(C3CCC(C)CC3)CC2)C(C)C1C. The number of hydrogen-bond acceptors (Lipinski definition) is 1. The topological polar surface area (TPSA) is 9.23 Å². The number of methoxy groups -OCH3 is 1. The van der Waals surface area contributed by atoms with Crippen molar-refractivity contribution in [1.29, 1.82) is 0 Å². The van der Waals surface area contributed by atoms with Gasteiger partial charge in [0, 0.05) is 7.11 Å². The summed E-state index contributed by atoms with van der Waals surface area (Å²) in [4.78, 5) is 0. The van der Waals surface area contributed by atoms with Crippen LogP contribution in [0.5, 0.6) is 0 Å². The van der Waals surface area contributed by atoms with E-state index >= 15 is 0 Å². The quantitative estimate of drug-likeness (QED) is 0.560. The molecule has 3 aliphatic carbocycles. The van der Waals surface area contributed by atoms with E-state index in [4.69, 9.17) is 4.74 Å². The summed E-state index contributed by atoms with van der Waals surface area (Å²) in [6.45, 7) is 7.31. The summed E-state index contributed by atoms with van der Waals surface area (Å²) in [5.74, 6) is 5.34. The van der Waals surface area contributed by atoms with E-state index in [1.54, 1.807) is 5.57 Å². The molecule has 1 heteroatoms. The van der Waals surface area contributed by atoms with E-state index in [1.807, 2.05) is 7.11 Å². The van der Waals surface area contributed by atoms with E-state index < -0.39 is 0 Å². The molecule has 0 radical (unpaired) electrons. The summed E-state index contributed by atoms with van der Waals surface area (Å²) < 4.78 is 5.70. The first-order valence-electron chi connectivity index (χ1n) is 10.3. The second kappa shape index (κ2) is 7.72. The molecule has 0 saturated heterocycles. The molecule has 0 spiro atoms. The van der Waals surface area contributed by atoms with Crippen LogP contribution in [-0.4, -0.2) is 13.2 Å². The maximum Gasteiger partial charge on any atom is 0.0599 e. The molecular formula is C22H38O. The summed E-state index contributed by atoms with van der Waals surface area (Å²) in [5.41, 5.74) is 1.80. The van der Waals surface area contributed by atoms with Crippen molar-refractivity contribution in [1.82, 2.24) is 0 Å². The van der Waals surface area contributed by atoms with Gasteiger partial charge in [-0.15, -0.1) is 0 Å². The third-order valence-electron chi connectivity index (χ3n) is 7.81. The van der Waals surface area contributed by atoms with Gasteiger partial charge in [0.15, 0.2) is 0 Å². The molecule has 1 nitrogen and oxygen atoms in total. The fraction of sp³-hybridized carbons (Fsp3) is 0.909. The smallest absolute Gasteiger partial charge is 0.0599 e. The van der Waals surface area contributed by atoms with Gasteiger partial charge in [-0.25, -0.2) is 0 Å². The van der Waals surface area contributed by atoms with E-state index in [9.17, 15) is 0 Å². The Labute approximate surface area is 144 Å². The second-order valence-electron chi connectivity index (χ2n) is 9.01. The van der Waals surface area contributed by atoms with Gasteiger partial charge in [0.2, 0.25) is 0 Å². The lowest BCUT2D eigenvalue weighted by molar-refractivity contribution is -0.00869. The van der Waals surface area contributed by atoms with Gasteiger partial charge in [-0.2, -0.15) is 0 Å². The van der Waals surface area contributed by atoms with Crippen molar-refractivity contribution in [3.63, 3.8) is 0 Å². The molecule has 0 aromatic rings. The number of hydrogen-bond donors (Lipinski definition) is 0. The molecule has 5 unspecified atom stereocenters. The molecule has 0 aromatic heterocycles. The molecule has 0 aromatic carbocycles. The standard InChI is InChI=1S/C22H38O/c1-15-5-7-18(8-6-15)19-9-11-20(12-10-19)21-13-14-22(23-4)17(3)16(21)2/h11,15-19,21-22H,5-10,12-14H2,1-4H3. The van der Waals surface area contributed by atoms with Crippen molar-refractivity contribution in [2.75, 3.05) is 7.11 Å². The number of ether oxygens (including phenoxy) is 1. The van der Waals surface area contributed by atoms with Crippen molar-refractivity contribution in [2.24, 2.45) is 35.5 Å². The van der Waals surface area contributed by atoms with Gasteiger partial charge in [0.1, 0.15) is 0 Å². The Hall–Kier alpha value is -0.300. The zero-order valence-electron chi connectivity index (χ0n) is 15.9. The first-order chi connectivity index (χ1) is 11.1. The van der Waals surface area contributed by atoms with Gasteiger partial charge in [0.25, 0.3) is 0 Å². The maximum absolute atomic E-state index is 5.70. The zero-order valence-corrected chi connectivity index (χ0v) is 15.9. The molecule has 5 atom stereocenters. The lowest BCUT2D eigenvalue weighted by Gasteiger charge is -2.42. The molecule has 0 N–H and O–H groups in total. The summed E-state index contributed by atoms with van der Waals surface area (Å²) in [6.07, 6.45) is 16.0. The Morgan fingerprint density at radius 3 is 2.17 bits per heavy atom. The molecule has 23 heavy (non-hydrogen) atoms. The monoisotopic (exact) mass is 318 g/mol. The first kappa shape index (κ1) is 17.5. The fourth-order valence-corrected chi connectivity index (χ4v) is 5.83. The minimum absolute atomic E-state index is 0.488. The Bertz CT molecular complexity index is 404. The third-order valence-corrected chi connectivity index (χ3v) is 7.81. The van der Waals surface area contributed by atoms with E-state index in [-0.39, 0.29) is 0 Å². The lowest BCUT2D eigenvalue weighted by atomic mass is 9.65. The number of rotatable bonds is 3. The lowest BCUT2D eigenvalue weighted by Crippen LogP contribution is -2.37. The molecule has 3 rings (SSSR count). The van der Waals surface area contributed by atoms with Crippen molar-refractivity contribution in [3.8, 4) is 0 Å². The van der Waals surface area contributed by atoms with Crippen LogP contribution in [0.25, 0.3) is 0 Å². The van der Waals surface area contributed by atoms with Crippen LogP contribution in [0.4, 0.5) is 0 Å². The molecule has 0 aliphatic heterocycles. The predicted molar refractivity (Wildman–Crippen MR) is 98.4 cm³/mol. The molecule has 0 bridgehead atoms. The number of allylic oxidation sites excluding steroid dienone is 2. The van der Waals surface area contributed by atoms with Gasteiger partial charge in [-0.05, 0) is 80.5 Å². The molecule has 0 heterocycles. The highest BCUT2D eigenvalue weighted by Crippen LogP contribution is 2.45. The van der Waals surface area contributed by atoms with Crippen LogP contribution in [0.2, 0.25) is 0 Å². The van der Waals surface area contributed by atoms with Crippen molar-refractivity contribution in [2.45, 2.75) is 84.7 Å². The highest BCUT2D eigenvalue weighted by Gasteiger charge is 2.37. The molecule has 132 valence electrons. The van der Waals surface area contributed by atoms with Gasteiger partial charge in [-0.1, -0.05) is 45.3 Å². The van der Waals surface area contributed by atoms with Crippen LogP contribution in [0, 0.1) is 35.5 Å². The van der Waals surface area contributed by atoms with E-state index in [0.717, 1.165) is 29.6 Å². The van der Waals surface area contributed by atoms with Gasteiger partial charge >= 0.3 is 0 Å². The zero-order chi connectivity index (χ0) is 16.4. The summed E-state index contributed by atoms with van der Waals surface area (Å²) in [7, 11) is 1.89. The van der Waals surface area contributed by atoms with E-state index in [2.05, 4.69) is 26.8 Å². The highest BCUT2D eigenvalue weighted by molar-refractivity contribution is 5.14. The second-order valence-corrected chi connectivity index (χ2v) is 9.01. The Morgan fingerprint density at radius 1 is 0.826 bits per heavy atom. The molecular weight excluding hydrogens is 280 g/mol. The Kier molecular flexibility index (Phi) is 5.88. The summed E-state index contributed by atoms with van der Waals surface area (Å²) >= 11 is 0. The largest absolute Gasteiger partial charge is 0.381 e. The van der Waals surface area contributed by atoms with E-state index in [1.165, 1.54) is 57.8 Å².